The Labute approximate surface area is 126 Å². The number of fused-ring (bicyclic) bond motifs is 1. The van der Waals surface area contributed by atoms with E-state index in [-0.39, 0.29) is 11.9 Å². The molecule has 1 aromatic heterocycles. The summed E-state index contributed by atoms with van der Waals surface area (Å²) in [6.07, 6.45) is 3.13. The third kappa shape index (κ3) is 2.80. The largest absolute Gasteiger partial charge is 0.306 e. The van der Waals surface area contributed by atoms with E-state index < -0.39 is 0 Å². The van der Waals surface area contributed by atoms with Crippen LogP contribution in [0, 0.1) is 6.92 Å². The summed E-state index contributed by atoms with van der Waals surface area (Å²) in [5.74, 6) is 0.00609. The van der Waals surface area contributed by atoms with Crippen LogP contribution in [0.3, 0.4) is 0 Å². The van der Waals surface area contributed by atoms with Crippen LogP contribution in [0.25, 0.3) is 10.2 Å². The average Bonchev–Trinajstić information content (AvgIpc) is 2.81. The summed E-state index contributed by atoms with van der Waals surface area (Å²) < 4.78 is 1.04. The van der Waals surface area contributed by atoms with Crippen molar-refractivity contribution in [2.75, 3.05) is 11.9 Å². The van der Waals surface area contributed by atoms with Crippen LogP contribution in [0.4, 0.5) is 5.13 Å². The van der Waals surface area contributed by atoms with E-state index in [9.17, 15) is 4.79 Å². The Kier molecular flexibility index (Phi) is 3.92. The van der Waals surface area contributed by atoms with E-state index in [4.69, 9.17) is 11.6 Å². The molecule has 2 aromatic rings. The van der Waals surface area contributed by atoms with E-state index in [1.165, 1.54) is 11.3 Å². The van der Waals surface area contributed by atoms with Gasteiger partial charge >= 0.3 is 0 Å². The lowest BCUT2D eigenvalue weighted by atomic mass is 10.0. The van der Waals surface area contributed by atoms with Gasteiger partial charge in [-0.05, 0) is 44.0 Å². The van der Waals surface area contributed by atoms with Gasteiger partial charge in [0.25, 0.3) is 0 Å². The Morgan fingerprint density at radius 3 is 3.10 bits per heavy atom. The van der Waals surface area contributed by atoms with E-state index >= 15 is 0 Å². The van der Waals surface area contributed by atoms with Crippen molar-refractivity contribution in [1.82, 2.24) is 10.3 Å². The van der Waals surface area contributed by atoms with Crippen molar-refractivity contribution in [1.29, 1.82) is 0 Å². The highest BCUT2D eigenvalue weighted by Crippen LogP contribution is 2.30. The minimum Gasteiger partial charge on any atom is -0.306 e. The molecule has 0 saturated carbocycles. The Hall–Kier alpha value is -1.17. The molecular formula is C14H16ClN3OS. The number of anilines is 1. The zero-order valence-electron chi connectivity index (χ0n) is 11.2. The minimum atomic E-state index is -0.0962. The van der Waals surface area contributed by atoms with Gasteiger partial charge in [-0.2, -0.15) is 0 Å². The molecule has 1 fully saturated rings. The van der Waals surface area contributed by atoms with Gasteiger partial charge in [0.05, 0.1) is 16.3 Å². The number of carbonyl (C=O) groups excluding carboxylic acids is 1. The molecule has 1 amide bonds. The van der Waals surface area contributed by atoms with Crippen LogP contribution in [0.2, 0.25) is 5.02 Å². The molecule has 20 heavy (non-hydrogen) atoms. The molecule has 2 heterocycles. The Morgan fingerprint density at radius 2 is 2.35 bits per heavy atom. The van der Waals surface area contributed by atoms with Crippen LogP contribution in [0.15, 0.2) is 12.1 Å². The van der Waals surface area contributed by atoms with E-state index in [0.29, 0.717) is 10.2 Å². The van der Waals surface area contributed by atoms with Crippen molar-refractivity contribution in [3.63, 3.8) is 0 Å². The maximum Gasteiger partial charge on any atom is 0.243 e. The molecule has 1 aliphatic heterocycles. The lowest BCUT2D eigenvalue weighted by molar-refractivity contribution is -0.118. The summed E-state index contributed by atoms with van der Waals surface area (Å²) in [6.45, 7) is 2.87. The fourth-order valence-corrected chi connectivity index (χ4v) is 3.48. The van der Waals surface area contributed by atoms with Crippen molar-refractivity contribution in [2.24, 2.45) is 0 Å². The molecule has 0 aliphatic carbocycles. The van der Waals surface area contributed by atoms with Crippen LogP contribution in [0.5, 0.6) is 0 Å². The SMILES string of the molecule is Cc1cc2sc(NC(=O)C3CCCCN3)nc2cc1Cl. The van der Waals surface area contributed by atoms with E-state index in [1.54, 1.807) is 0 Å². The standard InChI is InChI=1S/C14H16ClN3OS/c1-8-6-12-11(7-9(8)15)17-14(20-12)18-13(19)10-4-2-3-5-16-10/h6-7,10,16H,2-5H2,1H3,(H,17,18,19). The first-order valence-corrected chi connectivity index (χ1v) is 7.94. The molecular weight excluding hydrogens is 294 g/mol. The first kappa shape index (κ1) is 13.8. The molecule has 1 aliphatic rings. The summed E-state index contributed by atoms with van der Waals surface area (Å²) in [6, 6.07) is 3.75. The monoisotopic (exact) mass is 309 g/mol. The summed E-state index contributed by atoms with van der Waals surface area (Å²) in [5.41, 5.74) is 1.85. The van der Waals surface area contributed by atoms with Gasteiger partial charge in [0.1, 0.15) is 0 Å². The zero-order chi connectivity index (χ0) is 14.1. The van der Waals surface area contributed by atoms with E-state index in [1.807, 2.05) is 19.1 Å². The zero-order valence-corrected chi connectivity index (χ0v) is 12.8. The Balaban J connectivity index is 1.78. The van der Waals surface area contributed by atoms with E-state index in [0.717, 1.165) is 41.6 Å². The molecule has 1 atom stereocenters. The van der Waals surface area contributed by atoms with Crippen LogP contribution >= 0.6 is 22.9 Å². The van der Waals surface area contributed by atoms with Crippen LogP contribution in [-0.2, 0) is 4.79 Å². The van der Waals surface area contributed by atoms with Crippen molar-refractivity contribution < 1.29 is 4.79 Å². The number of nitrogens with zero attached hydrogens (tertiary/aromatic N) is 1. The fourth-order valence-electron chi connectivity index (χ4n) is 2.37. The second-order valence-electron chi connectivity index (χ2n) is 5.08. The van der Waals surface area contributed by atoms with Gasteiger partial charge in [-0.3, -0.25) is 4.79 Å². The first-order valence-electron chi connectivity index (χ1n) is 6.74. The minimum absolute atomic E-state index is 0.00609. The van der Waals surface area contributed by atoms with Crippen molar-refractivity contribution in [3.8, 4) is 0 Å². The molecule has 0 radical (unpaired) electrons. The summed E-state index contributed by atoms with van der Waals surface area (Å²) in [5, 5.41) is 7.48. The summed E-state index contributed by atoms with van der Waals surface area (Å²) >= 11 is 7.57. The number of halogens is 1. The smallest absolute Gasteiger partial charge is 0.243 e. The Bertz CT molecular complexity index is 610. The summed E-state index contributed by atoms with van der Waals surface area (Å²) in [4.78, 5) is 16.6. The first-order chi connectivity index (χ1) is 9.63. The van der Waals surface area contributed by atoms with Gasteiger partial charge in [0.2, 0.25) is 5.91 Å². The highest BCUT2D eigenvalue weighted by atomic mass is 35.5. The van der Waals surface area contributed by atoms with Gasteiger partial charge in [0, 0.05) is 5.02 Å². The van der Waals surface area contributed by atoms with E-state index in [2.05, 4.69) is 15.6 Å². The van der Waals surface area contributed by atoms with Gasteiger partial charge < -0.3 is 10.6 Å². The van der Waals surface area contributed by atoms with Crippen LogP contribution in [0.1, 0.15) is 24.8 Å². The lowest BCUT2D eigenvalue weighted by Gasteiger charge is -2.21. The maximum absolute atomic E-state index is 12.1. The molecule has 6 heteroatoms. The predicted octanol–water partition coefficient (Wildman–Crippen LogP) is 3.34. The number of amides is 1. The number of hydrogen-bond donors (Lipinski definition) is 2. The molecule has 1 unspecified atom stereocenters. The molecule has 0 spiro atoms. The van der Waals surface area contributed by atoms with Gasteiger partial charge in [-0.15, -0.1) is 0 Å². The Morgan fingerprint density at radius 1 is 1.50 bits per heavy atom. The topological polar surface area (TPSA) is 54.0 Å². The number of aryl methyl sites for hydroxylation is 1. The second-order valence-corrected chi connectivity index (χ2v) is 6.52. The van der Waals surface area contributed by atoms with Gasteiger partial charge in [-0.1, -0.05) is 29.4 Å². The van der Waals surface area contributed by atoms with Crippen LogP contribution in [-0.4, -0.2) is 23.5 Å². The van der Waals surface area contributed by atoms with Crippen molar-refractivity contribution >= 4 is 44.2 Å². The summed E-state index contributed by atoms with van der Waals surface area (Å²) in [7, 11) is 0. The molecule has 3 rings (SSSR count). The molecule has 1 saturated heterocycles. The quantitative estimate of drug-likeness (QED) is 0.894. The fraction of sp³-hybridized carbons (Fsp3) is 0.429. The number of rotatable bonds is 2. The molecule has 106 valence electrons. The molecule has 0 bridgehead atoms. The van der Waals surface area contributed by atoms with Crippen LogP contribution < -0.4 is 10.6 Å². The predicted molar refractivity (Wildman–Crippen MR) is 83.6 cm³/mol. The van der Waals surface area contributed by atoms with Gasteiger partial charge in [-0.25, -0.2) is 4.98 Å². The highest BCUT2D eigenvalue weighted by molar-refractivity contribution is 7.22. The third-order valence-corrected chi connectivity index (χ3v) is 4.87. The average molecular weight is 310 g/mol. The molecule has 1 aromatic carbocycles. The number of nitrogens with one attached hydrogen (secondary N) is 2. The maximum atomic E-state index is 12.1. The van der Waals surface area contributed by atoms with Crippen molar-refractivity contribution in [3.05, 3.63) is 22.7 Å². The molecule has 2 N–H and O–H groups in total. The number of aromatic nitrogens is 1. The third-order valence-electron chi connectivity index (χ3n) is 3.53. The van der Waals surface area contributed by atoms with Gasteiger partial charge in [0.15, 0.2) is 5.13 Å². The normalized spacial score (nSPS) is 19.2. The number of hydrogen-bond acceptors (Lipinski definition) is 4. The molecule has 4 nitrogen and oxygen atoms in total. The number of thiazole rings is 1. The number of piperidine rings is 1. The van der Waals surface area contributed by atoms with Crippen molar-refractivity contribution in [2.45, 2.75) is 32.2 Å². The number of carbonyl (C=O) groups is 1. The lowest BCUT2D eigenvalue weighted by Crippen LogP contribution is -2.43. The number of benzene rings is 1. The highest BCUT2D eigenvalue weighted by Gasteiger charge is 2.21. The second kappa shape index (κ2) is 5.68.